The second-order valence-electron chi connectivity index (χ2n) is 7.50. The van der Waals surface area contributed by atoms with Crippen LogP contribution in [0.1, 0.15) is 12.5 Å². The fourth-order valence-electron chi connectivity index (χ4n) is 3.61. The number of carbonyl (C=O) groups excluding carboxylic acids is 2. The predicted molar refractivity (Wildman–Crippen MR) is 128 cm³/mol. The summed E-state index contributed by atoms with van der Waals surface area (Å²) in [4.78, 5) is 29.9. The number of amides is 1. The van der Waals surface area contributed by atoms with Gasteiger partial charge in [0.15, 0.2) is 14.6 Å². The molecule has 0 N–H and O–H groups in total. The lowest BCUT2D eigenvalue weighted by Crippen LogP contribution is -2.23. The lowest BCUT2D eigenvalue weighted by atomic mass is 10.0. The predicted octanol–water partition coefficient (Wildman–Crippen LogP) is 3.49. The number of hydrogen-bond acceptors (Lipinski definition) is 6. The Morgan fingerprint density at radius 2 is 1.82 bits per heavy atom. The van der Waals surface area contributed by atoms with Gasteiger partial charge >= 0.3 is 5.97 Å². The summed E-state index contributed by atoms with van der Waals surface area (Å²) in [6, 6.07) is 18.2. The second kappa shape index (κ2) is 9.29. The van der Waals surface area contributed by atoms with Crippen molar-refractivity contribution in [1.29, 1.82) is 0 Å². The fraction of sp³-hybridized carbons (Fsp3) is 0.208. The van der Waals surface area contributed by atoms with Crippen LogP contribution in [-0.4, -0.2) is 37.7 Å². The number of benzene rings is 3. The molecule has 9 heteroatoms. The van der Waals surface area contributed by atoms with Crippen LogP contribution in [0.15, 0.2) is 70.6 Å². The van der Waals surface area contributed by atoms with Gasteiger partial charge in [0.1, 0.15) is 6.54 Å². The van der Waals surface area contributed by atoms with Crippen LogP contribution < -0.4 is 4.80 Å². The standard InChI is InChI=1S/C24H22N2O5S2/c1-3-31-23(28)15-26-20-12-11-18(33(2,29)30)14-21(20)32-24(26)25-22(27)13-17-9-6-8-16-7-4-5-10-19(16)17/h4-12,14H,3,13,15H2,1-2H3. The molecular formula is C24H22N2O5S2. The van der Waals surface area contributed by atoms with Gasteiger partial charge in [0.25, 0.3) is 5.91 Å². The topological polar surface area (TPSA) is 94.8 Å². The Hall–Kier alpha value is -3.30. The maximum absolute atomic E-state index is 12.9. The average molecular weight is 483 g/mol. The van der Waals surface area contributed by atoms with Gasteiger partial charge in [-0.2, -0.15) is 4.99 Å². The zero-order chi connectivity index (χ0) is 23.6. The van der Waals surface area contributed by atoms with E-state index in [1.165, 1.54) is 12.1 Å². The Labute approximate surface area is 194 Å². The molecule has 1 heterocycles. The zero-order valence-corrected chi connectivity index (χ0v) is 19.8. The highest BCUT2D eigenvalue weighted by Crippen LogP contribution is 2.23. The summed E-state index contributed by atoms with van der Waals surface area (Å²) in [5.74, 6) is -0.828. The Bertz CT molecular complexity index is 1540. The maximum Gasteiger partial charge on any atom is 0.326 e. The number of sulfone groups is 1. The van der Waals surface area contributed by atoms with Crippen molar-refractivity contribution in [3.63, 3.8) is 0 Å². The van der Waals surface area contributed by atoms with Crippen molar-refractivity contribution in [3.05, 3.63) is 71.0 Å². The Kier molecular flexibility index (Phi) is 6.44. The van der Waals surface area contributed by atoms with Gasteiger partial charge in [-0.1, -0.05) is 53.8 Å². The van der Waals surface area contributed by atoms with Gasteiger partial charge < -0.3 is 9.30 Å². The molecule has 0 saturated carbocycles. The van der Waals surface area contributed by atoms with Crippen LogP contribution in [0.4, 0.5) is 0 Å². The van der Waals surface area contributed by atoms with Crippen molar-refractivity contribution in [3.8, 4) is 0 Å². The van der Waals surface area contributed by atoms with Gasteiger partial charge in [-0.25, -0.2) is 8.42 Å². The molecule has 1 amide bonds. The SMILES string of the molecule is CCOC(=O)Cn1c(=NC(=O)Cc2cccc3ccccc23)sc2cc(S(C)(=O)=O)ccc21. The molecule has 0 fully saturated rings. The monoisotopic (exact) mass is 482 g/mol. The molecule has 4 rings (SSSR count). The number of thiazole rings is 1. The van der Waals surface area contributed by atoms with E-state index in [4.69, 9.17) is 4.74 Å². The molecule has 170 valence electrons. The molecule has 0 aliphatic carbocycles. The summed E-state index contributed by atoms with van der Waals surface area (Å²) in [5, 5.41) is 2.02. The van der Waals surface area contributed by atoms with Gasteiger partial charge in [0.2, 0.25) is 0 Å². The van der Waals surface area contributed by atoms with Crippen molar-refractivity contribution in [2.45, 2.75) is 24.8 Å². The summed E-state index contributed by atoms with van der Waals surface area (Å²) in [5.41, 5.74) is 1.47. The summed E-state index contributed by atoms with van der Waals surface area (Å²) >= 11 is 1.16. The van der Waals surface area contributed by atoms with E-state index in [0.29, 0.717) is 15.0 Å². The first kappa shape index (κ1) is 22.9. The number of ether oxygens (including phenoxy) is 1. The van der Waals surface area contributed by atoms with E-state index in [9.17, 15) is 18.0 Å². The summed E-state index contributed by atoms with van der Waals surface area (Å²) in [6.07, 6.45) is 1.23. The Morgan fingerprint density at radius 1 is 1.06 bits per heavy atom. The van der Waals surface area contributed by atoms with E-state index in [2.05, 4.69) is 4.99 Å². The van der Waals surface area contributed by atoms with Crippen molar-refractivity contribution in [2.75, 3.05) is 12.9 Å². The summed E-state index contributed by atoms with van der Waals surface area (Å²) < 4.78 is 31.2. The van der Waals surface area contributed by atoms with Crippen LogP contribution >= 0.6 is 11.3 Å². The fourth-order valence-corrected chi connectivity index (χ4v) is 5.42. The quantitative estimate of drug-likeness (QED) is 0.392. The van der Waals surface area contributed by atoms with E-state index in [1.807, 2.05) is 42.5 Å². The first-order valence-electron chi connectivity index (χ1n) is 10.3. The van der Waals surface area contributed by atoms with Gasteiger partial charge in [0, 0.05) is 6.26 Å². The molecule has 0 radical (unpaired) electrons. The molecule has 0 spiro atoms. The molecule has 33 heavy (non-hydrogen) atoms. The van der Waals surface area contributed by atoms with Crippen LogP contribution in [-0.2, 0) is 37.1 Å². The molecule has 0 aliphatic heterocycles. The van der Waals surface area contributed by atoms with Crippen LogP contribution in [0, 0.1) is 0 Å². The first-order chi connectivity index (χ1) is 15.8. The van der Waals surface area contributed by atoms with E-state index in [1.54, 1.807) is 17.6 Å². The second-order valence-corrected chi connectivity index (χ2v) is 10.5. The first-order valence-corrected chi connectivity index (χ1v) is 13.0. The highest BCUT2D eigenvalue weighted by molar-refractivity contribution is 7.90. The van der Waals surface area contributed by atoms with Gasteiger partial charge in [-0.3, -0.25) is 9.59 Å². The van der Waals surface area contributed by atoms with Gasteiger partial charge in [-0.05, 0) is 41.5 Å². The zero-order valence-electron chi connectivity index (χ0n) is 18.1. The molecule has 1 aromatic heterocycles. The number of rotatable bonds is 6. The third-order valence-electron chi connectivity index (χ3n) is 5.12. The van der Waals surface area contributed by atoms with Crippen LogP contribution in [0.25, 0.3) is 21.0 Å². The number of esters is 1. The van der Waals surface area contributed by atoms with Crippen molar-refractivity contribution < 1.29 is 22.7 Å². The minimum Gasteiger partial charge on any atom is -0.465 e. The summed E-state index contributed by atoms with van der Waals surface area (Å²) in [7, 11) is -3.41. The van der Waals surface area contributed by atoms with Gasteiger partial charge in [0.05, 0.1) is 28.1 Å². The third-order valence-corrected chi connectivity index (χ3v) is 7.27. The maximum atomic E-state index is 12.9. The molecule has 0 atom stereocenters. The number of hydrogen-bond donors (Lipinski definition) is 0. The molecule has 0 unspecified atom stereocenters. The normalized spacial score (nSPS) is 12.4. The van der Waals surface area contributed by atoms with Crippen molar-refractivity contribution in [2.24, 2.45) is 4.99 Å². The van der Waals surface area contributed by atoms with Crippen molar-refractivity contribution in [1.82, 2.24) is 4.57 Å². The third kappa shape index (κ3) is 5.04. The molecule has 7 nitrogen and oxygen atoms in total. The Morgan fingerprint density at radius 3 is 2.58 bits per heavy atom. The molecule has 0 aliphatic rings. The molecular weight excluding hydrogens is 460 g/mol. The summed E-state index contributed by atoms with van der Waals surface area (Å²) in [6.45, 7) is 1.81. The number of nitrogens with zero attached hydrogens (tertiary/aromatic N) is 2. The number of carbonyl (C=O) groups is 2. The van der Waals surface area contributed by atoms with Crippen LogP contribution in [0.5, 0.6) is 0 Å². The largest absolute Gasteiger partial charge is 0.465 e. The molecule has 0 bridgehead atoms. The minimum absolute atomic E-state index is 0.101. The van der Waals surface area contributed by atoms with Crippen LogP contribution in [0.3, 0.4) is 0 Å². The highest BCUT2D eigenvalue weighted by atomic mass is 32.2. The minimum atomic E-state index is -3.41. The van der Waals surface area contributed by atoms with E-state index >= 15 is 0 Å². The highest BCUT2D eigenvalue weighted by Gasteiger charge is 2.16. The molecule has 3 aromatic carbocycles. The lowest BCUT2D eigenvalue weighted by Gasteiger charge is -2.06. The van der Waals surface area contributed by atoms with Crippen LogP contribution in [0.2, 0.25) is 0 Å². The van der Waals surface area contributed by atoms with E-state index < -0.39 is 15.8 Å². The van der Waals surface area contributed by atoms with Gasteiger partial charge in [-0.15, -0.1) is 0 Å². The van der Waals surface area contributed by atoms with E-state index in [-0.39, 0.29) is 30.4 Å². The smallest absolute Gasteiger partial charge is 0.326 e. The molecule has 4 aromatic rings. The van der Waals surface area contributed by atoms with E-state index in [0.717, 1.165) is 33.9 Å². The number of aromatic nitrogens is 1. The Balaban J connectivity index is 1.78. The molecule has 0 saturated heterocycles. The number of fused-ring (bicyclic) bond motifs is 2. The average Bonchev–Trinajstić information content (AvgIpc) is 3.09. The van der Waals surface area contributed by atoms with Crippen molar-refractivity contribution >= 4 is 54.0 Å². The lowest BCUT2D eigenvalue weighted by molar-refractivity contribution is -0.143.